The molecule has 0 spiro atoms. The number of pyridine rings is 1. The minimum Gasteiger partial charge on any atom is -0.497 e. The van der Waals surface area contributed by atoms with Crippen molar-refractivity contribution in [2.45, 2.75) is 6.92 Å². The van der Waals surface area contributed by atoms with E-state index in [1.165, 1.54) is 19.2 Å². The number of ether oxygens (including phenoxy) is 1. The van der Waals surface area contributed by atoms with Crippen LogP contribution in [-0.2, 0) is 0 Å². The average molecular weight is 375 g/mol. The molecule has 0 aliphatic heterocycles. The summed E-state index contributed by atoms with van der Waals surface area (Å²) in [5, 5.41) is 20.8. The molecule has 4 rings (SSSR count). The second kappa shape index (κ2) is 6.25. The molecule has 4 aromatic rings. The highest BCUT2D eigenvalue weighted by Crippen LogP contribution is 2.39. The van der Waals surface area contributed by atoms with E-state index >= 15 is 0 Å². The minimum absolute atomic E-state index is 0.00425. The number of H-pyrrole nitrogens is 1. The van der Waals surface area contributed by atoms with E-state index in [1.807, 2.05) is 6.07 Å². The van der Waals surface area contributed by atoms with Crippen molar-refractivity contribution in [3.05, 3.63) is 68.0 Å². The van der Waals surface area contributed by atoms with Gasteiger partial charge in [-0.1, -0.05) is 0 Å². The fourth-order valence-electron chi connectivity index (χ4n) is 3.29. The molecule has 8 heteroatoms. The number of aryl methyl sites for hydroxylation is 1. The predicted octanol–water partition coefficient (Wildman–Crippen LogP) is 4.04. The molecule has 1 N–H and O–H groups in total. The highest BCUT2D eigenvalue weighted by atomic mass is 16.6. The van der Waals surface area contributed by atoms with Crippen molar-refractivity contribution in [2.75, 3.05) is 7.11 Å². The summed E-state index contributed by atoms with van der Waals surface area (Å²) in [7, 11) is 1.52. The summed E-state index contributed by atoms with van der Waals surface area (Å²) in [6.07, 6.45) is 0. The lowest BCUT2D eigenvalue weighted by Gasteiger charge is -2.07. The summed E-state index contributed by atoms with van der Waals surface area (Å²) in [6, 6.07) is 11.4. The third kappa shape index (κ3) is 2.49. The SMILES string of the molecule is COc1cc(-c2ccc([N+](=O)[O-])cc2)c2c(c1)oc1c(C)c(C#N)c(=O)[nH]c12. The zero-order valence-electron chi connectivity index (χ0n) is 14.9. The number of nitrogens with zero attached hydrogens (tertiary/aromatic N) is 2. The van der Waals surface area contributed by atoms with Crippen molar-refractivity contribution in [2.24, 2.45) is 0 Å². The molecule has 28 heavy (non-hydrogen) atoms. The molecule has 0 radical (unpaired) electrons. The second-order valence-electron chi connectivity index (χ2n) is 6.22. The Hall–Kier alpha value is -4.12. The quantitative estimate of drug-likeness (QED) is 0.426. The molecule has 2 heterocycles. The van der Waals surface area contributed by atoms with Crippen LogP contribution in [0.1, 0.15) is 11.1 Å². The van der Waals surface area contributed by atoms with Crippen LogP contribution in [0.5, 0.6) is 5.75 Å². The van der Waals surface area contributed by atoms with Gasteiger partial charge in [-0.25, -0.2) is 0 Å². The lowest BCUT2D eigenvalue weighted by molar-refractivity contribution is -0.384. The molecule has 138 valence electrons. The monoisotopic (exact) mass is 375 g/mol. The number of furan rings is 1. The van der Waals surface area contributed by atoms with Crippen LogP contribution >= 0.6 is 0 Å². The van der Waals surface area contributed by atoms with Crippen LogP contribution in [0.25, 0.3) is 33.2 Å². The number of aromatic nitrogens is 1. The first kappa shape index (κ1) is 17.3. The number of nitrogens with one attached hydrogen (secondary N) is 1. The van der Waals surface area contributed by atoms with Crippen LogP contribution in [0, 0.1) is 28.4 Å². The van der Waals surface area contributed by atoms with Gasteiger partial charge in [0, 0.05) is 23.8 Å². The second-order valence-corrected chi connectivity index (χ2v) is 6.22. The van der Waals surface area contributed by atoms with E-state index in [4.69, 9.17) is 9.15 Å². The fourth-order valence-corrected chi connectivity index (χ4v) is 3.29. The summed E-state index contributed by atoms with van der Waals surface area (Å²) in [6.45, 7) is 1.65. The predicted molar refractivity (Wildman–Crippen MR) is 102 cm³/mol. The molecular formula is C20H13N3O5. The molecule has 0 fully saturated rings. The zero-order chi connectivity index (χ0) is 20.0. The number of hydrogen-bond acceptors (Lipinski definition) is 6. The number of aromatic amines is 1. The first-order valence-corrected chi connectivity index (χ1v) is 8.26. The van der Waals surface area contributed by atoms with Crippen LogP contribution < -0.4 is 10.3 Å². The number of non-ortho nitro benzene ring substituents is 1. The maximum Gasteiger partial charge on any atom is 0.269 e. The maximum atomic E-state index is 12.3. The van der Waals surface area contributed by atoms with E-state index in [1.54, 1.807) is 31.2 Å². The Morgan fingerprint density at radius 1 is 1.25 bits per heavy atom. The summed E-state index contributed by atoms with van der Waals surface area (Å²) in [5.41, 5.74) is 2.64. The Kier molecular flexibility index (Phi) is 3.86. The van der Waals surface area contributed by atoms with Gasteiger partial charge in [-0.2, -0.15) is 5.26 Å². The lowest BCUT2D eigenvalue weighted by atomic mass is 9.99. The van der Waals surface area contributed by atoms with Gasteiger partial charge >= 0.3 is 0 Å². The van der Waals surface area contributed by atoms with E-state index in [2.05, 4.69) is 4.98 Å². The molecular weight excluding hydrogens is 362 g/mol. The Labute approximate surface area is 157 Å². The molecule has 0 aliphatic rings. The topological polar surface area (TPSA) is 122 Å². The lowest BCUT2D eigenvalue weighted by Crippen LogP contribution is -2.11. The number of benzene rings is 2. The van der Waals surface area contributed by atoms with Gasteiger partial charge in [0.05, 0.1) is 22.9 Å². The number of rotatable bonds is 3. The van der Waals surface area contributed by atoms with Crippen molar-refractivity contribution >= 4 is 27.8 Å². The molecule has 0 saturated carbocycles. The maximum absolute atomic E-state index is 12.3. The fraction of sp³-hybridized carbons (Fsp3) is 0.100. The summed E-state index contributed by atoms with van der Waals surface area (Å²) in [4.78, 5) is 25.5. The van der Waals surface area contributed by atoms with Gasteiger partial charge in [-0.3, -0.25) is 14.9 Å². The van der Waals surface area contributed by atoms with E-state index in [0.717, 1.165) is 0 Å². The Morgan fingerprint density at radius 2 is 1.96 bits per heavy atom. The Morgan fingerprint density at radius 3 is 2.57 bits per heavy atom. The average Bonchev–Trinajstić information content (AvgIpc) is 3.06. The van der Waals surface area contributed by atoms with Crippen LogP contribution in [0.15, 0.2) is 45.6 Å². The van der Waals surface area contributed by atoms with E-state index < -0.39 is 10.5 Å². The molecule has 2 aromatic heterocycles. The standard InChI is InChI=1S/C20H13N3O5/c1-10-15(9-21)20(24)22-18-17-14(11-3-5-12(6-4-11)23(25)26)7-13(27-2)8-16(17)28-19(10)18/h3-8H,1-2H3,(H,22,24). The summed E-state index contributed by atoms with van der Waals surface area (Å²) in [5.74, 6) is 0.528. The third-order valence-electron chi connectivity index (χ3n) is 4.68. The van der Waals surface area contributed by atoms with Crippen LogP contribution in [0.4, 0.5) is 5.69 Å². The Bertz CT molecular complexity index is 1360. The van der Waals surface area contributed by atoms with E-state index in [0.29, 0.717) is 44.5 Å². The van der Waals surface area contributed by atoms with Crippen molar-refractivity contribution < 1.29 is 14.1 Å². The molecule has 8 nitrogen and oxygen atoms in total. The molecule has 0 amide bonds. The Balaban J connectivity index is 2.11. The van der Waals surface area contributed by atoms with Gasteiger partial charge < -0.3 is 14.1 Å². The van der Waals surface area contributed by atoms with Crippen molar-refractivity contribution in [1.29, 1.82) is 5.26 Å². The summed E-state index contributed by atoms with van der Waals surface area (Å²) < 4.78 is 11.3. The van der Waals surface area contributed by atoms with Crippen molar-refractivity contribution in [1.82, 2.24) is 4.98 Å². The van der Waals surface area contributed by atoms with E-state index in [9.17, 15) is 20.2 Å². The molecule has 0 atom stereocenters. The van der Waals surface area contributed by atoms with Gasteiger partial charge in [0.2, 0.25) is 0 Å². The van der Waals surface area contributed by atoms with Crippen molar-refractivity contribution in [3.8, 4) is 22.9 Å². The van der Waals surface area contributed by atoms with Gasteiger partial charge in [0.1, 0.15) is 23.0 Å². The first-order chi connectivity index (χ1) is 13.4. The van der Waals surface area contributed by atoms with Crippen molar-refractivity contribution in [3.63, 3.8) is 0 Å². The molecule has 0 bridgehead atoms. The molecule has 0 saturated heterocycles. The number of nitriles is 1. The zero-order valence-corrected chi connectivity index (χ0v) is 14.9. The van der Waals surface area contributed by atoms with E-state index in [-0.39, 0.29) is 11.3 Å². The van der Waals surface area contributed by atoms with Gasteiger partial charge in [0.25, 0.3) is 11.2 Å². The van der Waals surface area contributed by atoms with Crippen LogP contribution in [0.3, 0.4) is 0 Å². The first-order valence-electron chi connectivity index (χ1n) is 8.26. The summed E-state index contributed by atoms with van der Waals surface area (Å²) >= 11 is 0. The smallest absolute Gasteiger partial charge is 0.269 e. The molecule has 0 unspecified atom stereocenters. The number of fused-ring (bicyclic) bond motifs is 3. The minimum atomic E-state index is -0.499. The third-order valence-corrected chi connectivity index (χ3v) is 4.68. The molecule has 2 aromatic carbocycles. The number of methoxy groups -OCH3 is 1. The van der Waals surface area contributed by atoms with Gasteiger partial charge in [0.15, 0.2) is 5.58 Å². The van der Waals surface area contributed by atoms with Crippen LogP contribution in [-0.4, -0.2) is 17.0 Å². The highest BCUT2D eigenvalue weighted by molar-refractivity contribution is 6.12. The number of nitro benzene ring substituents is 1. The van der Waals surface area contributed by atoms with Crippen LogP contribution in [0.2, 0.25) is 0 Å². The number of hydrogen-bond donors (Lipinski definition) is 1. The van der Waals surface area contributed by atoms with Gasteiger partial charge in [-0.05, 0) is 36.2 Å². The van der Waals surface area contributed by atoms with Gasteiger partial charge in [-0.15, -0.1) is 0 Å². The normalized spacial score (nSPS) is 10.9. The molecule has 0 aliphatic carbocycles. The highest BCUT2D eigenvalue weighted by Gasteiger charge is 2.20. The number of nitro groups is 1. The largest absolute Gasteiger partial charge is 0.497 e.